The number of aromatic amines is 1. The molecule has 0 saturated heterocycles. The van der Waals surface area contributed by atoms with Crippen LogP contribution >= 0.6 is 23.6 Å². The fraction of sp³-hybridized carbons (Fsp3) is 0.455. The van der Waals surface area contributed by atoms with Crippen LogP contribution in [0.1, 0.15) is 35.0 Å². The molecule has 0 bridgehead atoms. The Morgan fingerprint density at radius 2 is 2.50 bits per heavy atom. The number of hydrogen-bond acceptors (Lipinski definition) is 3. The van der Waals surface area contributed by atoms with Gasteiger partial charge >= 0.3 is 0 Å². The van der Waals surface area contributed by atoms with E-state index >= 15 is 0 Å². The van der Waals surface area contributed by atoms with Crippen molar-refractivity contribution in [3.05, 3.63) is 32.5 Å². The smallest absolute Gasteiger partial charge is 0.215 e. The van der Waals surface area contributed by atoms with Gasteiger partial charge in [-0.25, -0.2) is 4.98 Å². The molecule has 0 spiro atoms. The Labute approximate surface area is 103 Å². The number of nitrogens with one attached hydrogen (secondary N) is 1. The zero-order valence-electron chi connectivity index (χ0n) is 9.06. The first-order valence-corrected chi connectivity index (χ1v) is 6.73. The van der Waals surface area contributed by atoms with Gasteiger partial charge in [0, 0.05) is 17.8 Å². The van der Waals surface area contributed by atoms with Crippen LogP contribution in [-0.4, -0.2) is 14.8 Å². The monoisotopic (exact) mass is 251 g/mol. The largest absolute Gasteiger partial charge is 0.283 e. The standard InChI is InChI=1S/C11H13N3S2/c1-14-11(15)12-10(13-14)8-3-2-4-9-7(8)5-6-16-9/h5-6,8H,2-4H2,1H3,(H,12,13,15). The van der Waals surface area contributed by atoms with Crippen LogP contribution in [0.25, 0.3) is 0 Å². The van der Waals surface area contributed by atoms with Crippen LogP contribution in [0.15, 0.2) is 11.4 Å². The molecule has 0 radical (unpaired) electrons. The molecule has 1 aliphatic carbocycles. The molecule has 1 N–H and O–H groups in total. The number of hydrogen-bond donors (Lipinski definition) is 1. The van der Waals surface area contributed by atoms with Gasteiger partial charge in [-0.15, -0.1) is 11.3 Å². The molecule has 2 aromatic heterocycles. The predicted octanol–water partition coefficient (Wildman–Crippen LogP) is 3.01. The van der Waals surface area contributed by atoms with Crippen LogP contribution in [0, 0.1) is 4.77 Å². The van der Waals surface area contributed by atoms with Gasteiger partial charge in [-0.05, 0) is 48.5 Å². The Morgan fingerprint density at radius 3 is 3.25 bits per heavy atom. The summed E-state index contributed by atoms with van der Waals surface area (Å²) in [4.78, 5) is 5.95. The minimum atomic E-state index is 0.415. The highest BCUT2D eigenvalue weighted by molar-refractivity contribution is 7.71. The Morgan fingerprint density at radius 1 is 1.62 bits per heavy atom. The van der Waals surface area contributed by atoms with E-state index in [1.54, 1.807) is 0 Å². The predicted molar refractivity (Wildman–Crippen MR) is 67.5 cm³/mol. The van der Waals surface area contributed by atoms with Gasteiger partial charge in [-0.1, -0.05) is 0 Å². The molecule has 3 rings (SSSR count). The number of rotatable bonds is 1. The molecule has 16 heavy (non-hydrogen) atoms. The fourth-order valence-corrected chi connectivity index (χ4v) is 3.48. The number of H-pyrrole nitrogens is 1. The molecular weight excluding hydrogens is 238 g/mol. The lowest BCUT2D eigenvalue weighted by Crippen LogP contribution is -2.10. The zero-order chi connectivity index (χ0) is 11.1. The maximum atomic E-state index is 5.14. The number of nitrogens with zero attached hydrogens (tertiary/aromatic N) is 2. The van der Waals surface area contributed by atoms with Crippen molar-refractivity contribution in [3.8, 4) is 0 Å². The second kappa shape index (κ2) is 3.82. The summed E-state index contributed by atoms with van der Waals surface area (Å²) in [5, 5.41) is 5.43. The minimum Gasteiger partial charge on any atom is -0.283 e. The summed E-state index contributed by atoms with van der Waals surface area (Å²) >= 11 is 7.00. The lowest BCUT2D eigenvalue weighted by Gasteiger charge is -2.20. The maximum Gasteiger partial charge on any atom is 0.215 e. The average molecular weight is 251 g/mol. The van der Waals surface area contributed by atoms with Crippen LogP contribution in [0.5, 0.6) is 0 Å². The Bertz CT molecular complexity index is 564. The molecule has 0 fully saturated rings. The fourth-order valence-electron chi connectivity index (χ4n) is 2.35. The lowest BCUT2D eigenvalue weighted by molar-refractivity contribution is 0.591. The minimum absolute atomic E-state index is 0.415. The van der Waals surface area contributed by atoms with Crippen LogP contribution in [0.4, 0.5) is 0 Å². The molecule has 1 atom stereocenters. The topological polar surface area (TPSA) is 33.6 Å². The van der Waals surface area contributed by atoms with Crippen molar-refractivity contribution in [2.45, 2.75) is 25.2 Å². The maximum absolute atomic E-state index is 5.14. The molecule has 2 aromatic rings. The van der Waals surface area contributed by atoms with Gasteiger partial charge in [0.1, 0.15) is 5.82 Å². The van der Waals surface area contributed by atoms with Crippen molar-refractivity contribution in [2.75, 3.05) is 0 Å². The quantitative estimate of drug-likeness (QED) is 0.790. The molecular formula is C11H13N3S2. The van der Waals surface area contributed by atoms with Crippen molar-refractivity contribution < 1.29 is 0 Å². The molecule has 5 heteroatoms. The Hall–Kier alpha value is -0.940. The van der Waals surface area contributed by atoms with Gasteiger partial charge in [-0.3, -0.25) is 9.78 Å². The zero-order valence-corrected chi connectivity index (χ0v) is 10.7. The summed E-state index contributed by atoms with van der Waals surface area (Å²) in [6.07, 6.45) is 3.64. The highest BCUT2D eigenvalue weighted by Crippen LogP contribution is 2.37. The first kappa shape index (κ1) is 10.2. The summed E-state index contributed by atoms with van der Waals surface area (Å²) < 4.78 is 2.45. The molecule has 1 aliphatic rings. The second-order valence-corrected chi connectivity index (χ2v) is 5.56. The van der Waals surface area contributed by atoms with E-state index in [1.807, 2.05) is 23.1 Å². The molecule has 0 aromatic carbocycles. The van der Waals surface area contributed by atoms with E-state index in [-0.39, 0.29) is 0 Å². The van der Waals surface area contributed by atoms with Gasteiger partial charge in [0.15, 0.2) is 0 Å². The van der Waals surface area contributed by atoms with E-state index in [2.05, 4.69) is 21.5 Å². The third-order valence-corrected chi connectivity index (χ3v) is 4.53. The highest BCUT2D eigenvalue weighted by Gasteiger charge is 2.25. The van der Waals surface area contributed by atoms with Crippen LogP contribution in [0.3, 0.4) is 0 Å². The van der Waals surface area contributed by atoms with E-state index in [0.717, 1.165) is 5.82 Å². The summed E-state index contributed by atoms with van der Waals surface area (Å²) in [6.45, 7) is 0. The van der Waals surface area contributed by atoms with Gasteiger partial charge in [0.25, 0.3) is 0 Å². The molecule has 2 heterocycles. The van der Waals surface area contributed by atoms with E-state index in [9.17, 15) is 0 Å². The summed E-state index contributed by atoms with van der Waals surface area (Å²) in [5.74, 6) is 1.43. The molecule has 0 amide bonds. The number of fused-ring (bicyclic) bond motifs is 1. The summed E-state index contributed by atoms with van der Waals surface area (Å²) in [7, 11) is 1.91. The number of aromatic nitrogens is 3. The molecule has 1 unspecified atom stereocenters. The van der Waals surface area contributed by atoms with Crippen molar-refractivity contribution in [1.82, 2.24) is 14.8 Å². The SMILES string of the molecule is Cn1[nH]c(C2CCCc3sccc32)nc1=S. The van der Waals surface area contributed by atoms with Crippen LogP contribution in [0.2, 0.25) is 0 Å². The lowest BCUT2D eigenvalue weighted by atomic mass is 9.87. The summed E-state index contributed by atoms with van der Waals surface area (Å²) in [5.41, 5.74) is 1.45. The van der Waals surface area contributed by atoms with Gasteiger partial charge in [-0.2, -0.15) is 0 Å². The first-order valence-electron chi connectivity index (χ1n) is 5.45. The average Bonchev–Trinajstić information content (AvgIpc) is 2.85. The van der Waals surface area contributed by atoms with E-state index in [1.165, 1.54) is 29.7 Å². The Kier molecular flexibility index (Phi) is 2.44. The molecule has 0 saturated carbocycles. The third-order valence-electron chi connectivity index (χ3n) is 3.17. The summed E-state index contributed by atoms with van der Waals surface area (Å²) in [6, 6.07) is 2.23. The van der Waals surface area contributed by atoms with Crippen molar-refractivity contribution in [2.24, 2.45) is 7.05 Å². The molecule has 3 nitrogen and oxygen atoms in total. The van der Waals surface area contributed by atoms with Crippen LogP contribution < -0.4 is 0 Å². The normalized spacial score (nSPS) is 19.7. The first-order chi connectivity index (χ1) is 7.75. The number of aryl methyl sites for hydroxylation is 2. The molecule has 0 aliphatic heterocycles. The van der Waals surface area contributed by atoms with E-state index in [4.69, 9.17) is 12.2 Å². The van der Waals surface area contributed by atoms with Crippen molar-refractivity contribution >= 4 is 23.6 Å². The van der Waals surface area contributed by atoms with Crippen molar-refractivity contribution in [3.63, 3.8) is 0 Å². The van der Waals surface area contributed by atoms with E-state index < -0.39 is 0 Å². The third kappa shape index (κ3) is 1.55. The van der Waals surface area contributed by atoms with Gasteiger partial charge < -0.3 is 0 Å². The second-order valence-electron chi connectivity index (χ2n) is 4.19. The highest BCUT2D eigenvalue weighted by atomic mass is 32.1. The van der Waals surface area contributed by atoms with Gasteiger partial charge in [0.2, 0.25) is 4.77 Å². The van der Waals surface area contributed by atoms with E-state index in [0.29, 0.717) is 10.7 Å². The number of thiophene rings is 1. The van der Waals surface area contributed by atoms with Gasteiger partial charge in [0.05, 0.1) is 0 Å². The van der Waals surface area contributed by atoms with Crippen LogP contribution in [-0.2, 0) is 13.5 Å². The van der Waals surface area contributed by atoms with Crippen molar-refractivity contribution in [1.29, 1.82) is 0 Å². The Balaban J connectivity index is 2.07. The molecule has 84 valence electrons.